The second-order valence-electron chi connectivity index (χ2n) is 3.63. The van der Waals surface area contributed by atoms with Gasteiger partial charge in [-0.1, -0.05) is 5.16 Å². The second-order valence-corrected chi connectivity index (χ2v) is 4.00. The quantitative estimate of drug-likeness (QED) is 0.771. The summed E-state index contributed by atoms with van der Waals surface area (Å²) in [6.07, 6.45) is 1.67. The number of hydrogen-bond donors (Lipinski definition) is 0. The van der Waals surface area contributed by atoms with E-state index < -0.39 is 0 Å². The molecule has 92 valence electrons. The number of benzene rings is 1. The Kier molecular flexibility index (Phi) is 3.74. The minimum atomic E-state index is 0.613. The zero-order valence-electron chi connectivity index (χ0n) is 9.83. The van der Waals surface area contributed by atoms with Crippen molar-refractivity contribution in [3.63, 3.8) is 0 Å². The van der Waals surface area contributed by atoms with Crippen LogP contribution in [0.2, 0.25) is 0 Å². The van der Waals surface area contributed by atoms with Gasteiger partial charge >= 0.3 is 0 Å². The summed E-state index contributed by atoms with van der Waals surface area (Å²) in [6.45, 7) is 0. The molecule has 0 unspecified atom stereocenters. The van der Waals surface area contributed by atoms with Crippen LogP contribution in [0.1, 0.15) is 12.1 Å². The van der Waals surface area contributed by atoms with Gasteiger partial charge in [0.05, 0.1) is 19.9 Å². The lowest BCUT2D eigenvalue weighted by molar-refractivity contribution is 0.354. The average molecular weight is 256 g/mol. The molecule has 0 fully saturated rings. The molecule has 0 N–H and O–H groups in total. The van der Waals surface area contributed by atoms with Crippen molar-refractivity contribution >= 4 is 22.6 Å². The minimum Gasteiger partial charge on any atom is -0.493 e. The van der Waals surface area contributed by atoms with Crippen LogP contribution in [0.5, 0.6) is 11.5 Å². The van der Waals surface area contributed by atoms with Gasteiger partial charge in [0.15, 0.2) is 17.1 Å². The first kappa shape index (κ1) is 12.0. The molecule has 5 heteroatoms. The molecular weight excluding hydrogens is 242 g/mol. The predicted molar refractivity (Wildman–Crippen MR) is 66.2 cm³/mol. The van der Waals surface area contributed by atoms with E-state index >= 15 is 0 Å². The number of aromatic nitrogens is 1. The summed E-state index contributed by atoms with van der Waals surface area (Å²) in [6, 6.07) is 3.67. The third-order valence-corrected chi connectivity index (χ3v) is 2.87. The zero-order valence-corrected chi connectivity index (χ0v) is 10.6. The van der Waals surface area contributed by atoms with Crippen LogP contribution < -0.4 is 9.47 Å². The van der Waals surface area contributed by atoms with Crippen LogP contribution in [0, 0.1) is 0 Å². The number of hydrogen-bond acceptors (Lipinski definition) is 4. The Morgan fingerprint density at radius 2 is 1.94 bits per heavy atom. The summed E-state index contributed by atoms with van der Waals surface area (Å²) in [5, 5.41) is 4.99. The molecule has 1 aromatic carbocycles. The largest absolute Gasteiger partial charge is 0.493 e. The average Bonchev–Trinajstić information content (AvgIpc) is 2.76. The van der Waals surface area contributed by atoms with Gasteiger partial charge in [0.2, 0.25) is 0 Å². The van der Waals surface area contributed by atoms with E-state index in [9.17, 15) is 0 Å². The highest BCUT2D eigenvalue weighted by Crippen LogP contribution is 2.33. The molecular formula is C12H14ClNO3. The minimum absolute atomic E-state index is 0.613. The highest BCUT2D eigenvalue weighted by molar-refractivity contribution is 6.17. The summed E-state index contributed by atoms with van der Waals surface area (Å²) in [4.78, 5) is 0. The first-order valence-corrected chi connectivity index (χ1v) is 5.90. The Morgan fingerprint density at radius 3 is 2.59 bits per heavy atom. The second kappa shape index (κ2) is 5.27. The van der Waals surface area contributed by atoms with Crippen LogP contribution in [0.4, 0.5) is 0 Å². The van der Waals surface area contributed by atoms with Crippen LogP contribution in [0.3, 0.4) is 0 Å². The molecule has 0 radical (unpaired) electrons. The van der Waals surface area contributed by atoms with E-state index in [4.69, 9.17) is 25.6 Å². The van der Waals surface area contributed by atoms with Crippen molar-refractivity contribution in [3.05, 3.63) is 17.8 Å². The lowest BCUT2D eigenvalue weighted by Crippen LogP contribution is -1.91. The molecule has 0 atom stereocenters. The van der Waals surface area contributed by atoms with E-state index in [-0.39, 0.29) is 0 Å². The van der Waals surface area contributed by atoms with Crippen molar-refractivity contribution in [1.29, 1.82) is 0 Å². The van der Waals surface area contributed by atoms with Gasteiger partial charge in [-0.25, -0.2) is 0 Å². The molecule has 0 aliphatic rings. The molecule has 0 saturated heterocycles. The van der Waals surface area contributed by atoms with Gasteiger partial charge in [-0.3, -0.25) is 0 Å². The number of nitrogens with zero attached hydrogens (tertiary/aromatic N) is 1. The molecule has 4 nitrogen and oxygen atoms in total. The van der Waals surface area contributed by atoms with Crippen molar-refractivity contribution in [3.8, 4) is 11.5 Å². The number of halogens is 1. The van der Waals surface area contributed by atoms with Crippen molar-refractivity contribution < 1.29 is 14.0 Å². The molecule has 0 saturated carbocycles. The maximum absolute atomic E-state index is 5.67. The summed E-state index contributed by atoms with van der Waals surface area (Å²) >= 11 is 5.67. The maximum atomic E-state index is 5.67. The molecule has 2 rings (SSSR count). The van der Waals surface area contributed by atoms with Gasteiger partial charge < -0.3 is 14.0 Å². The standard InChI is InChI=1S/C12H14ClNO3/c1-15-11-6-8-9(4-3-5-13)14-17-10(8)7-12(11)16-2/h6-7H,3-5H2,1-2H3. The van der Waals surface area contributed by atoms with Crippen molar-refractivity contribution in [2.45, 2.75) is 12.8 Å². The monoisotopic (exact) mass is 255 g/mol. The smallest absolute Gasteiger partial charge is 0.171 e. The van der Waals surface area contributed by atoms with Gasteiger partial charge in [-0.15, -0.1) is 11.6 Å². The molecule has 2 aromatic rings. The molecule has 17 heavy (non-hydrogen) atoms. The van der Waals surface area contributed by atoms with Crippen LogP contribution in [0.15, 0.2) is 16.7 Å². The number of aryl methyl sites for hydroxylation is 1. The van der Waals surface area contributed by atoms with Crippen LogP contribution in [-0.2, 0) is 6.42 Å². The molecule has 0 spiro atoms. The third-order valence-electron chi connectivity index (χ3n) is 2.60. The van der Waals surface area contributed by atoms with Gasteiger partial charge in [-0.2, -0.15) is 0 Å². The van der Waals surface area contributed by atoms with E-state index in [0.717, 1.165) is 23.9 Å². The number of ether oxygens (including phenoxy) is 2. The Morgan fingerprint density at radius 1 is 1.24 bits per heavy atom. The maximum Gasteiger partial charge on any atom is 0.171 e. The predicted octanol–water partition coefficient (Wildman–Crippen LogP) is 3.02. The Hall–Kier alpha value is -1.42. The SMILES string of the molecule is COc1cc2onc(CCCCl)c2cc1OC. The Balaban J connectivity index is 2.45. The van der Waals surface area contributed by atoms with E-state index in [1.165, 1.54) is 0 Å². The molecule has 0 aliphatic heterocycles. The van der Waals surface area contributed by atoms with Gasteiger partial charge in [-0.05, 0) is 18.9 Å². The number of fused-ring (bicyclic) bond motifs is 1. The molecule has 0 amide bonds. The fourth-order valence-corrected chi connectivity index (χ4v) is 1.86. The number of methoxy groups -OCH3 is 2. The van der Waals surface area contributed by atoms with Gasteiger partial charge in [0, 0.05) is 17.3 Å². The summed E-state index contributed by atoms with van der Waals surface area (Å²) < 4.78 is 15.7. The lowest BCUT2D eigenvalue weighted by atomic mass is 10.1. The highest BCUT2D eigenvalue weighted by atomic mass is 35.5. The van der Waals surface area contributed by atoms with Crippen LogP contribution in [0.25, 0.3) is 11.0 Å². The molecule has 0 bridgehead atoms. The van der Waals surface area contributed by atoms with E-state index in [0.29, 0.717) is 23.0 Å². The highest BCUT2D eigenvalue weighted by Gasteiger charge is 2.13. The first-order valence-electron chi connectivity index (χ1n) is 5.36. The van der Waals surface area contributed by atoms with Gasteiger partial charge in [0.1, 0.15) is 0 Å². The Labute approximate surface area is 104 Å². The van der Waals surface area contributed by atoms with E-state index in [1.807, 2.05) is 6.07 Å². The fourth-order valence-electron chi connectivity index (χ4n) is 1.73. The fraction of sp³-hybridized carbons (Fsp3) is 0.417. The lowest BCUT2D eigenvalue weighted by Gasteiger charge is -2.06. The van der Waals surface area contributed by atoms with Crippen LogP contribution >= 0.6 is 11.6 Å². The summed E-state index contributed by atoms with van der Waals surface area (Å²) in [5.74, 6) is 1.93. The van der Waals surface area contributed by atoms with Gasteiger partial charge in [0.25, 0.3) is 0 Å². The van der Waals surface area contributed by atoms with Crippen molar-refractivity contribution in [2.75, 3.05) is 20.1 Å². The first-order chi connectivity index (χ1) is 8.30. The summed E-state index contributed by atoms with van der Waals surface area (Å²) in [7, 11) is 3.20. The third kappa shape index (κ3) is 2.31. The molecule has 1 heterocycles. The van der Waals surface area contributed by atoms with E-state index in [1.54, 1.807) is 20.3 Å². The summed E-state index contributed by atoms with van der Waals surface area (Å²) in [5.41, 5.74) is 1.61. The topological polar surface area (TPSA) is 44.5 Å². The van der Waals surface area contributed by atoms with Crippen LogP contribution in [-0.4, -0.2) is 25.3 Å². The van der Waals surface area contributed by atoms with Crippen molar-refractivity contribution in [1.82, 2.24) is 5.16 Å². The van der Waals surface area contributed by atoms with E-state index in [2.05, 4.69) is 5.16 Å². The van der Waals surface area contributed by atoms with Crippen molar-refractivity contribution in [2.24, 2.45) is 0 Å². The number of rotatable bonds is 5. The molecule has 1 aromatic heterocycles. The number of alkyl halides is 1. The Bertz CT molecular complexity index is 510. The molecule has 0 aliphatic carbocycles. The zero-order chi connectivity index (χ0) is 12.3. The normalized spacial score (nSPS) is 10.8.